The van der Waals surface area contributed by atoms with Gasteiger partial charge < -0.3 is 4.90 Å². The van der Waals surface area contributed by atoms with Crippen LogP contribution in [0.3, 0.4) is 0 Å². The number of aryl methyl sites for hydroxylation is 1. The second-order valence-electron chi connectivity index (χ2n) is 10.2. The van der Waals surface area contributed by atoms with E-state index in [9.17, 15) is 9.18 Å². The summed E-state index contributed by atoms with van der Waals surface area (Å²) in [6.45, 7) is 5.42. The molecule has 1 aliphatic heterocycles. The van der Waals surface area contributed by atoms with Crippen LogP contribution in [0.4, 0.5) is 4.39 Å². The van der Waals surface area contributed by atoms with Crippen molar-refractivity contribution in [3.8, 4) is 0 Å². The number of rotatable bonds is 6. The maximum atomic E-state index is 14.7. The average molecular weight is 471 g/mol. The zero-order valence-electron chi connectivity index (χ0n) is 20.8. The Morgan fingerprint density at radius 3 is 2.34 bits per heavy atom. The molecule has 3 aromatic carbocycles. The number of nitrogens with zero attached hydrogens (tertiary/aromatic N) is 2. The molecule has 1 heterocycles. The van der Waals surface area contributed by atoms with Crippen molar-refractivity contribution in [1.82, 2.24) is 9.80 Å². The minimum Gasteiger partial charge on any atom is -0.333 e. The number of carbonyl (C=O) groups excluding carboxylic acids is 1. The first-order valence-electron chi connectivity index (χ1n) is 12.9. The monoisotopic (exact) mass is 470 g/mol. The SMILES string of the molecule is Cc1ccccc1C1CCCCN1C(C)C(=O)N(Cc1ccccc1F)C1Cc2ccccc2C1. The lowest BCUT2D eigenvalue weighted by Gasteiger charge is -2.42. The zero-order valence-corrected chi connectivity index (χ0v) is 20.8. The lowest BCUT2D eigenvalue weighted by molar-refractivity contribution is -0.141. The summed E-state index contributed by atoms with van der Waals surface area (Å²) in [5, 5.41) is 0. The molecule has 2 atom stereocenters. The minimum atomic E-state index is -0.268. The van der Waals surface area contributed by atoms with E-state index < -0.39 is 0 Å². The molecule has 2 unspecified atom stereocenters. The summed E-state index contributed by atoms with van der Waals surface area (Å²) in [6.07, 6.45) is 4.98. The lowest BCUT2D eigenvalue weighted by atomic mass is 9.91. The van der Waals surface area contributed by atoms with E-state index in [1.165, 1.54) is 34.7 Å². The third-order valence-electron chi connectivity index (χ3n) is 8.00. The molecule has 1 aliphatic carbocycles. The molecule has 182 valence electrons. The van der Waals surface area contributed by atoms with E-state index in [4.69, 9.17) is 0 Å². The lowest BCUT2D eigenvalue weighted by Crippen LogP contribution is -2.52. The first-order valence-corrected chi connectivity index (χ1v) is 12.9. The average Bonchev–Trinajstić information content (AvgIpc) is 3.32. The second-order valence-corrected chi connectivity index (χ2v) is 10.2. The molecule has 0 spiro atoms. The van der Waals surface area contributed by atoms with E-state index in [1.54, 1.807) is 12.1 Å². The first-order chi connectivity index (χ1) is 17.0. The molecule has 1 amide bonds. The highest BCUT2D eigenvalue weighted by molar-refractivity contribution is 5.82. The summed E-state index contributed by atoms with van der Waals surface area (Å²) in [4.78, 5) is 18.6. The highest BCUT2D eigenvalue weighted by atomic mass is 19.1. The molecular weight excluding hydrogens is 435 g/mol. The first kappa shape index (κ1) is 23.7. The van der Waals surface area contributed by atoms with Crippen LogP contribution in [0.1, 0.15) is 60.0 Å². The second kappa shape index (κ2) is 10.3. The maximum Gasteiger partial charge on any atom is 0.240 e. The topological polar surface area (TPSA) is 23.6 Å². The highest BCUT2D eigenvalue weighted by Crippen LogP contribution is 2.35. The fourth-order valence-corrected chi connectivity index (χ4v) is 6.05. The van der Waals surface area contributed by atoms with Crippen molar-refractivity contribution in [2.75, 3.05) is 6.54 Å². The number of benzene rings is 3. The van der Waals surface area contributed by atoms with Gasteiger partial charge in [-0.15, -0.1) is 0 Å². The number of hydrogen-bond acceptors (Lipinski definition) is 2. The molecule has 3 aromatic rings. The van der Waals surface area contributed by atoms with E-state index in [1.807, 2.05) is 11.0 Å². The van der Waals surface area contributed by atoms with Crippen molar-refractivity contribution in [2.24, 2.45) is 0 Å². The number of fused-ring (bicyclic) bond motifs is 1. The summed E-state index contributed by atoms with van der Waals surface area (Å²) in [5.41, 5.74) is 5.77. The van der Waals surface area contributed by atoms with Gasteiger partial charge in [-0.1, -0.05) is 73.2 Å². The minimum absolute atomic E-state index is 0.0451. The summed E-state index contributed by atoms with van der Waals surface area (Å²) in [6, 6.07) is 23.9. The Bertz CT molecular complexity index is 1170. The molecule has 1 fully saturated rings. The van der Waals surface area contributed by atoms with Gasteiger partial charge in [0.25, 0.3) is 0 Å². The molecule has 2 aliphatic rings. The van der Waals surface area contributed by atoms with Gasteiger partial charge in [-0.2, -0.15) is 0 Å². The van der Waals surface area contributed by atoms with Crippen LogP contribution < -0.4 is 0 Å². The fraction of sp³-hybridized carbons (Fsp3) is 0.387. The number of hydrogen-bond donors (Lipinski definition) is 0. The molecule has 0 aromatic heterocycles. The number of carbonyl (C=O) groups is 1. The molecular formula is C31H35FN2O. The van der Waals surface area contributed by atoms with Gasteiger partial charge in [-0.05, 0) is 74.4 Å². The Labute approximate surface area is 208 Å². The maximum absolute atomic E-state index is 14.7. The van der Waals surface area contributed by atoms with Crippen molar-refractivity contribution in [3.63, 3.8) is 0 Å². The predicted octanol–water partition coefficient (Wildman–Crippen LogP) is 6.25. The van der Waals surface area contributed by atoms with E-state index in [-0.39, 0.29) is 29.8 Å². The third kappa shape index (κ3) is 4.90. The Balaban J connectivity index is 1.44. The van der Waals surface area contributed by atoms with Gasteiger partial charge in [-0.25, -0.2) is 4.39 Å². The van der Waals surface area contributed by atoms with Crippen LogP contribution >= 0.6 is 0 Å². The Hall–Kier alpha value is -2.98. The molecule has 0 radical (unpaired) electrons. The van der Waals surface area contributed by atoms with Gasteiger partial charge in [-0.3, -0.25) is 9.69 Å². The van der Waals surface area contributed by atoms with Crippen LogP contribution in [0, 0.1) is 12.7 Å². The summed E-state index contributed by atoms with van der Waals surface area (Å²) >= 11 is 0. The van der Waals surface area contributed by atoms with Gasteiger partial charge in [0.1, 0.15) is 5.82 Å². The Morgan fingerprint density at radius 2 is 1.63 bits per heavy atom. The van der Waals surface area contributed by atoms with Crippen molar-refractivity contribution in [2.45, 2.75) is 70.6 Å². The van der Waals surface area contributed by atoms with E-state index in [0.717, 1.165) is 32.2 Å². The van der Waals surface area contributed by atoms with E-state index in [0.29, 0.717) is 12.1 Å². The largest absolute Gasteiger partial charge is 0.333 e. The summed E-state index contributed by atoms with van der Waals surface area (Å²) in [7, 11) is 0. The van der Waals surface area contributed by atoms with Crippen LogP contribution in [-0.4, -0.2) is 34.3 Å². The molecule has 0 bridgehead atoms. The molecule has 0 N–H and O–H groups in total. The van der Waals surface area contributed by atoms with Crippen LogP contribution in [0.15, 0.2) is 72.8 Å². The normalized spacial score (nSPS) is 19.3. The van der Waals surface area contributed by atoms with Crippen molar-refractivity contribution in [1.29, 1.82) is 0 Å². The van der Waals surface area contributed by atoms with Gasteiger partial charge in [0.2, 0.25) is 5.91 Å². The number of amides is 1. The van der Waals surface area contributed by atoms with Gasteiger partial charge >= 0.3 is 0 Å². The quantitative estimate of drug-likeness (QED) is 0.425. The highest BCUT2D eigenvalue weighted by Gasteiger charge is 2.37. The molecule has 3 nitrogen and oxygen atoms in total. The number of halogens is 1. The zero-order chi connectivity index (χ0) is 24.4. The van der Waals surface area contributed by atoms with Gasteiger partial charge in [0.05, 0.1) is 6.04 Å². The van der Waals surface area contributed by atoms with Crippen LogP contribution in [0.2, 0.25) is 0 Å². The molecule has 0 saturated carbocycles. The number of piperidine rings is 1. The Morgan fingerprint density at radius 1 is 0.971 bits per heavy atom. The van der Waals surface area contributed by atoms with Crippen LogP contribution in [0.5, 0.6) is 0 Å². The summed E-state index contributed by atoms with van der Waals surface area (Å²) in [5.74, 6) is -0.143. The summed E-state index contributed by atoms with van der Waals surface area (Å²) < 4.78 is 14.7. The number of likely N-dealkylation sites (tertiary alicyclic amines) is 1. The van der Waals surface area contributed by atoms with E-state index >= 15 is 0 Å². The van der Waals surface area contributed by atoms with Crippen LogP contribution in [0.25, 0.3) is 0 Å². The van der Waals surface area contributed by atoms with Gasteiger partial charge in [0, 0.05) is 24.2 Å². The molecule has 35 heavy (non-hydrogen) atoms. The molecule has 5 rings (SSSR count). The third-order valence-corrected chi connectivity index (χ3v) is 8.00. The Kier molecular flexibility index (Phi) is 7.01. The molecule has 1 saturated heterocycles. The standard InChI is InChI=1S/C31H35FN2O/c1-22-11-3-7-15-28(22)30-17-9-10-18-33(30)23(2)31(35)34(21-26-14-6-8-16-29(26)32)27-19-24-12-4-5-13-25(24)20-27/h3-8,11-16,23,27,30H,9-10,17-21H2,1-2H3. The fourth-order valence-electron chi connectivity index (χ4n) is 6.05. The predicted molar refractivity (Wildman–Crippen MR) is 139 cm³/mol. The molecule has 4 heteroatoms. The van der Waals surface area contributed by atoms with Crippen molar-refractivity contribution in [3.05, 3.63) is 106 Å². The van der Waals surface area contributed by atoms with Crippen LogP contribution in [-0.2, 0) is 24.2 Å². The smallest absolute Gasteiger partial charge is 0.240 e. The van der Waals surface area contributed by atoms with Gasteiger partial charge in [0.15, 0.2) is 0 Å². The van der Waals surface area contributed by atoms with Crippen molar-refractivity contribution < 1.29 is 9.18 Å². The van der Waals surface area contributed by atoms with Crippen molar-refractivity contribution >= 4 is 5.91 Å². The van der Waals surface area contributed by atoms with E-state index in [2.05, 4.69) is 67.3 Å².